The van der Waals surface area contributed by atoms with Crippen LogP contribution in [-0.2, 0) is 0 Å². The van der Waals surface area contributed by atoms with E-state index in [2.05, 4.69) is 19.9 Å². The van der Waals surface area contributed by atoms with E-state index in [0.29, 0.717) is 22.6 Å². The molecule has 10 heteroatoms. The van der Waals surface area contributed by atoms with Crippen LogP contribution in [0.5, 0.6) is 23.0 Å². The third kappa shape index (κ3) is 11.0. The molecule has 2 N–H and O–H groups in total. The van der Waals surface area contributed by atoms with Crippen molar-refractivity contribution in [1.29, 1.82) is 0 Å². The molecule has 0 aliphatic rings. The van der Waals surface area contributed by atoms with E-state index in [-0.39, 0.29) is 0 Å². The van der Waals surface area contributed by atoms with Crippen LogP contribution in [0.25, 0.3) is 46.8 Å². The summed E-state index contributed by atoms with van der Waals surface area (Å²) in [5.41, 5.74) is 6.48. The predicted molar refractivity (Wildman–Crippen MR) is 235 cm³/mol. The maximum Gasteiger partial charge on any atom is 0.343 e. The van der Waals surface area contributed by atoms with Crippen LogP contribution in [0.15, 0.2) is 170 Å². The maximum atomic E-state index is 12.3. The zero-order valence-corrected chi connectivity index (χ0v) is 32.8. The zero-order chi connectivity index (χ0) is 41.5. The van der Waals surface area contributed by atoms with Crippen molar-refractivity contribution in [3.05, 3.63) is 204 Å². The molecule has 8 rings (SSSR count). The number of methoxy groups -OCH3 is 2. The number of nitrogens with zero attached hydrogens (tertiary/aromatic N) is 2. The van der Waals surface area contributed by atoms with Crippen LogP contribution in [0, 0.1) is 0 Å². The molecular weight excluding hydrogens is 753 g/mol. The van der Waals surface area contributed by atoms with E-state index < -0.39 is 11.9 Å². The molecule has 0 aliphatic heterocycles. The van der Waals surface area contributed by atoms with Crippen molar-refractivity contribution in [2.75, 3.05) is 14.2 Å². The number of para-hydroxylation sites is 2. The Balaban J connectivity index is 0.000000181. The highest BCUT2D eigenvalue weighted by Crippen LogP contribution is 2.22. The lowest BCUT2D eigenvalue weighted by molar-refractivity contribution is 0.0725. The Labute approximate surface area is 347 Å². The number of rotatable bonds is 12. The summed E-state index contributed by atoms with van der Waals surface area (Å²) in [5, 5.41) is 0. The molecule has 0 amide bonds. The van der Waals surface area contributed by atoms with Crippen molar-refractivity contribution < 1.29 is 28.5 Å². The molecule has 60 heavy (non-hydrogen) atoms. The third-order valence-electron chi connectivity index (χ3n) is 9.03. The number of esters is 2. The fraction of sp³-hybridized carbons (Fsp3) is 0.0400. The molecule has 6 aromatic carbocycles. The Kier molecular flexibility index (Phi) is 13.2. The smallest absolute Gasteiger partial charge is 0.343 e. The van der Waals surface area contributed by atoms with Gasteiger partial charge in [-0.1, -0.05) is 97.1 Å². The number of ether oxygens (including phenoxy) is 4. The van der Waals surface area contributed by atoms with Crippen LogP contribution in [0.4, 0.5) is 0 Å². The van der Waals surface area contributed by atoms with Gasteiger partial charge in [0, 0.05) is 23.5 Å². The van der Waals surface area contributed by atoms with Gasteiger partial charge in [-0.3, -0.25) is 0 Å². The highest BCUT2D eigenvalue weighted by Gasteiger charge is 2.11. The number of hydrogen-bond acceptors (Lipinski definition) is 8. The Morgan fingerprint density at radius 3 is 1.15 bits per heavy atom. The van der Waals surface area contributed by atoms with E-state index in [1.807, 2.05) is 146 Å². The van der Waals surface area contributed by atoms with Crippen LogP contribution in [0.3, 0.4) is 0 Å². The Morgan fingerprint density at radius 2 is 0.800 bits per heavy atom. The number of carbonyl (C=O) groups excluding carboxylic acids is 2. The number of nitrogens with one attached hydrogen (secondary N) is 2. The van der Waals surface area contributed by atoms with Gasteiger partial charge in [-0.2, -0.15) is 0 Å². The predicted octanol–water partition coefficient (Wildman–Crippen LogP) is 10.9. The number of aromatic nitrogens is 4. The summed E-state index contributed by atoms with van der Waals surface area (Å²) < 4.78 is 21.1. The van der Waals surface area contributed by atoms with Gasteiger partial charge in [-0.15, -0.1) is 0 Å². The van der Waals surface area contributed by atoms with Gasteiger partial charge in [0.2, 0.25) is 0 Å². The second kappa shape index (κ2) is 19.8. The van der Waals surface area contributed by atoms with Crippen molar-refractivity contribution >= 4 is 36.2 Å². The Bertz CT molecular complexity index is 2480. The van der Waals surface area contributed by atoms with Crippen LogP contribution in [0.2, 0.25) is 0 Å². The molecule has 10 nitrogen and oxygen atoms in total. The van der Waals surface area contributed by atoms with Gasteiger partial charge in [-0.05, 0) is 96.1 Å². The number of aromatic amines is 2. The van der Waals surface area contributed by atoms with Crippen molar-refractivity contribution in [1.82, 2.24) is 19.9 Å². The molecule has 8 aromatic rings. The summed E-state index contributed by atoms with van der Waals surface area (Å²) >= 11 is 0. The molecule has 0 bridgehead atoms. The molecule has 0 unspecified atom stereocenters. The summed E-state index contributed by atoms with van der Waals surface area (Å²) in [7, 11) is 3.29. The molecule has 0 radical (unpaired) electrons. The summed E-state index contributed by atoms with van der Waals surface area (Å²) in [6.07, 6.45) is 11.5. The van der Waals surface area contributed by atoms with Crippen molar-refractivity contribution in [3.8, 4) is 45.5 Å². The fourth-order valence-corrected chi connectivity index (χ4v) is 5.78. The third-order valence-corrected chi connectivity index (χ3v) is 9.03. The van der Waals surface area contributed by atoms with E-state index in [0.717, 1.165) is 56.8 Å². The van der Waals surface area contributed by atoms with E-state index in [9.17, 15) is 9.59 Å². The molecule has 2 aromatic heterocycles. The van der Waals surface area contributed by atoms with Gasteiger partial charge in [0.25, 0.3) is 0 Å². The topological polar surface area (TPSA) is 128 Å². The minimum absolute atomic E-state index is 0.391. The summed E-state index contributed by atoms with van der Waals surface area (Å²) in [6, 6.07) is 48.0. The van der Waals surface area contributed by atoms with Crippen LogP contribution >= 0.6 is 0 Å². The average molecular weight is 793 g/mol. The van der Waals surface area contributed by atoms with E-state index >= 15 is 0 Å². The van der Waals surface area contributed by atoms with Crippen molar-refractivity contribution in [2.45, 2.75) is 0 Å². The molecule has 0 aliphatic carbocycles. The van der Waals surface area contributed by atoms with Gasteiger partial charge in [0.05, 0.1) is 36.7 Å². The average Bonchev–Trinajstić information content (AvgIpc) is 4.00. The monoisotopic (exact) mass is 792 g/mol. The summed E-state index contributed by atoms with van der Waals surface area (Å²) in [4.78, 5) is 40.0. The number of H-pyrrole nitrogens is 2. The number of benzene rings is 6. The van der Waals surface area contributed by atoms with Gasteiger partial charge in [-0.25, -0.2) is 19.6 Å². The van der Waals surface area contributed by atoms with Crippen molar-refractivity contribution in [3.63, 3.8) is 0 Å². The lowest BCUT2D eigenvalue weighted by atomic mass is 10.1. The molecule has 0 saturated heterocycles. The molecule has 296 valence electrons. The van der Waals surface area contributed by atoms with Crippen LogP contribution in [-0.4, -0.2) is 46.1 Å². The van der Waals surface area contributed by atoms with E-state index in [1.165, 1.54) is 0 Å². The summed E-state index contributed by atoms with van der Waals surface area (Å²) in [6.45, 7) is 0. The molecule has 0 saturated carbocycles. The molecular formula is C50H40N4O6. The van der Waals surface area contributed by atoms with Crippen LogP contribution < -0.4 is 18.9 Å². The Morgan fingerprint density at radius 1 is 0.433 bits per heavy atom. The fourth-order valence-electron chi connectivity index (χ4n) is 5.78. The lowest BCUT2D eigenvalue weighted by Gasteiger charge is -2.04. The minimum atomic E-state index is -0.391. The summed E-state index contributed by atoms with van der Waals surface area (Å²) in [5.74, 6) is 3.39. The van der Waals surface area contributed by atoms with Gasteiger partial charge < -0.3 is 28.9 Å². The second-order valence-electron chi connectivity index (χ2n) is 13.1. The number of imidazole rings is 2. The van der Waals surface area contributed by atoms with Crippen LogP contribution in [0.1, 0.15) is 43.5 Å². The Hall–Kier alpha value is -8.24. The normalized spacial score (nSPS) is 10.8. The standard InChI is InChI=1S/2C25H20N2O3/c2*1-29-21-14-7-18(8-15-21)9-16-24-26-17-23(27-24)19-10-12-20(13-11-19)25(28)30-22-5-3-2-4-6-22/h2*2-17H,1H3,(H,26,27)/b2*16-9+. The largest absolute Gasteiger partial charge is 0.497 e. The second-order valence-corrected chi connectivity index (χ2v) is 13.1. The number of carbonyl (C=O) groups is 2. The maximum absolute atomic E-state index is 12.3. The highest BCUT2D eigenvalue weighted by molar-refractivity contribution is 5.92. The van der Waals surface area contributed by atoms with Gasteiger partial charge in [0.1, 0.15) is 34.6 Å². The quantitative estimate of drug-likeness (QED) is 0.0924. The lowest BCUT2D eigenvalue weighted by Crippen LogP contribution is -2.08. The highest BCUT2D eigenvalue weighted by atomic mass is 16.5. The first-order chi connectivity index (χ1) is 29.4. The number of hydrogen-bond donors (Lipinski definition) is 2. The van der Waals surface area contributed by atoms with Gasteiger partial charge >= 0.3 is 11.9 Å². The molecule has 0 fully saturated rings. The first kappa shape index (κ1) is 40.0. The SMILES string of the molecule is COc1ccc(/C=C/c2nc(-c3ccc(C(=O)Oc4ccccc4)cc3)c[nH]2)cc1.COc1ccc(/C=C/c2nc(-c3ccc(C(=O)Oc4ccccc4)cc3)c[nH]2)cc1. The van der Waals surface area contributed by atoms with Gasteiger partial charge in [0.15, 0.2) is 0 Å². The van der Waals surface area contributed by atoms with E-state index in [1.54, 1.807) is 62.8 Å². The minimum Gasteiger partial charge on any atom is -0.497 e. The first-order valence-electron chi connectivity index (χ1n) is 18.9. The first-order valence-corrected chi connectivity index (χ1v) is 18.9. The molecule has 0 spiro atoms. The van der Waals surface area contributed by atoms with E-state index in [4.69, 9.17) is 18.9 Å². The van der Waals surface area contributed by atoms with Crippen molar-refractivity contribution in [2.24, 2.45) is 0 Å². The zero-order valence-electron chi connectivity index (χ0n) is 32.8. The molecule has 0 atom stereocenters. The molecule has 2 heterocycles.